The minimum Gasteiger partial charge on any atom is -0.378 e. The smallest absolute Gasteiger partial charge is 0.244 e. The molecule has 0 bridgehead atoms. The van der Waals surface area contributed by atoms with Crippen LogP contribution in [-0.4, -0.2) is 38.5 Å². The number of nitrogens with zero attached hydrogens (tertiary/aromatic N) is 1. The number of rotatable bonds is 5. The van der Waals surface area contributed by atoms with Crippen molar-refractivity contribution in [1.29, 1.82) is 0 Å². The van der Waals surface area contributed by atoms with Crippen LogP contribution in [0, 0.1) is 6.92 Å². The average Bonchev–Trinajstić information content (AvgIpc) is 2.82. The van der Waals surface area contributed by atoms with E-state index < -0.39 is 10.0 Å². The van der Waals surface area contributed by atoms with Crippen molar-refractivity contribution >= 4 is 21.4 Å². The summed E-state index contributed by atoms with van der Waals surface area (Å²) in [5.74, 6) is 0. The molecule has 1 aliphatic rings. The first-order chi connectivity index (χ1) is 9.48. The van der Waals surface area contributed by atoms with E-state index in [9.17, 15) is 8.42 Å². The standard InChI is InChI=1S/C13H22N2O3S2/c1-3-18-11-4-6-15(7-5-11)20(16,17)13-8-12(9-14)19-10(13)2/h8,11H,3-7,9,14H2,1-2H3. The topological polar surface area (TPSA) is 72.6 Å². The maximum atomic E-state index is 12.7. The van der Waals surface area contributed by atoms with Gasteiger partial charge in [-0.15, -0.1) is 11.3 Å². The van der Waals surface area contributed by atoms with Gasteiger partial charge in [0.05, 0.1) is 11.0 Å². The second-order valence-corrected chi connectivity index (χ2v) is 8.14. The van der Waals surface area contributed by atoms with Crippen molar-refractivity contribution in [3.05, 3.63) is 15.8 Å². The van der Waals surface area contributed by atoms with Crippen LogP contribution in [-0.2, 0) is 21.3 Å². The fraction of sp³-hybridized carbons (Fsp3) is 0.692. The molecule has 5 nitrogen and oxygen atoms in total. The summed E-state index contributed by atoms with van der Waals surface area (Å²) in [4.78, 5) is 2.14. The molecule has 2 N–H and O–H groups in total. The van der Waals surface area contributed by atoms with Crippen LogP contribution in [0.4, 0.5) is 0 Å². The lowest BCUT2D eigenvalue weighted by molar-refractivity contribution is 0.0290. The molecule has 1 aliphatic heterocycles. The van der Waals surface area contributed by atoms with Crippen molar-refractivity contribution < 1.29 is 13.2 Å². The Bertz CT molecular complexity index is 546. The second-order valence-electron chi connectivity index (χ2n) is 4.90. The lowest BCUT2D eigenvalue weighted by Crippen LogP contribution is -2.40. The first-order valence-corrected chi connectivity index (χ1v) is 9.15. The van der Waals surface area contributed by atoms with Crippen LogP contribution in [0.1, 0.15) is 29.5 Å². The Kier molecular flexibility index (Phi) is 5.19. The predicted octanol–water partition coefficient (Wildman–Crippen LogP) is 1.70. The second kappa shape index (κ2) is 6.53. The molecule has 1 saturated heterocycles. The van der Waals surface area contributed by atoms with Crippen molar-refractivity contribution in [2.24, 2.45) is 5.73 Å². The molecular formula is C13H22N2O3S2. The van der Waals surface area contributed by atoms with E-state index in [0.717, 1.165) is 22.6 Å². The molecule has 0 saturated carbocycles. The summed E-state index contributed by atoms with van der Waals surface area (Å²) in [5, 5.41) is 0. The van der Waals surface area contributed by atoms with Crippen molar-refractivity contribution in [3.8, 4) is 0 Å². The van der Waals surface area contributed by atoms with E-state index >= 15 is 0 Å². The van der Waals surface area contributed by atoms with Gasteiger partial charge in [-0.1, -0.05) is 0 Å². The van der Waals surface area contributed by atoms with E-state index in [-0.39, 0.29) is 6.10 Å². The van der Waals surface area contributed by atoms with Crippen LogP contribution < -0.4 is 5.73 Å². The molecule has 7 heteroatoms. The Balaban J connectivity index is 2.13. The molecule has 0 amide bonds. The molecule has 0 aromatic carbocycles. The van der Waals surface area contributed by atoms with Crippen LogP contribution in [0.15, 0.2) is 11.0 Å². The van der Waals surface area contributed by atoms with E-state index in [1.807, 2.05) is 13.8 Å². The van der Waals surface area contributed by atoms with Crippen molar-refractivity contribution in [3.63, 3.8) is 0 Å². The van der Waals surface area contributed by atoms with E-state index in [1.54, 1.807) is 10.4 Å². The van der Waals surface area contributed by atoms with Gasteiger partial charge in [-0.25, -0.2) is 8.42 Å². The predicted molar refractivity (Wildman–Crippen MR) is 80.4 cm³/mol. The summed E-state index contributed by atoms with van der Waals surface area (Å²) >= 11 is 1.46. The van der Waals surface area contributed by atoms with E-state index in [1.165, 1.54) is 11.3 Å². The van der Waals surface area contributed by atoms with Gasteiger partial charge in [0.1, 0.15) is 0 Å². The number of thiophene rings is 1. The number of piperidine rings is 1. The van der Waals surface area contributed by atoms with Gasteiger partial charge in [-0.05, 0) is 32.8 Å². The average molecular weight is 318 g/mol. The van der Waals surface area contributed by atoms with Crippen molar-refractivity contribution in [2.75, 3.05) is 19.7 Å². The number of aryl methyl sites for hydroxylation is 1. The van der Waals surface area contributed by atoms with Crippen molar-refractivity contribution in [2.45, 2.75) is 44.2 Å². The summed E-state index contributed by atoms with van der Waals surface area (Å²) in [6, 6.07) is 1.71. The highest BCUT2D eigenvalue weighted by atomic mass is 32.2. The third-order valence-corrected chi connectivity index (χ3v) is 6.77. The van der Waals surface area contributed by atoms with Crippen LogP contribution in [0.3, 0.4) is 0 Å². The normalized spacial score (nSPS) is 18.6. The summed E-state index contributed by atoms with van der Waals surface area (Å²) in [7, 11) is -3.39. The van der Waals surface area contributed by atoms with Gasteiger partial charge in [0.25, 0.3) is 0 Å². The van der Waals surface area contributed by atoms with Crippen LogP contribution in [0.25, 0.3) is 0 Å². The van der Waals surface area contributed by atoms with E-state index in [0.29, 0.717) is 31.1 Å². The van der Waals surface area contributed by atoms with E-state index in [2.05, 4.69) is 0 Å². The highest BCUT2D eigenvalue weighted by Gasteiger charge is 2.31. The Hall–Kier alpha value is -0.470. The van der Waals surface area contributed by atoms with Gasteiger partial charge < -0.3 is 10.5 Å². The van der Waals surface area contributed by atoms with E-state index in [4.69, 9.17) is 10.5 Å². The zero-order chi connectivity index (χ0) is 14.8. The molecule has 0 radical (unpaired) electrons. The number of hydrogen-bond acceptors (Lipinski definition) is 5. The maximum absolute atomic E-state index is 12.7. The summed E-state index contributed by atoms with van der Waals surface area (Å²) < 4.78 is 32.4. The SMILES string of the molecule is CCOC1CCN(S(=O)(=O)c2cc(CN)sc2C)CC1. The molecule has 2 rings (SSSR count). The minimum atomic E-state index is -3.39. The van der Waals surface area contributed by atoms with Crippen LogP contribution >= 0.6 is 11.3 Å². The van der Waals surface area contributed by atoms with Crippen LogP contribution in [0.5, 0.6) is 0 Å². The summed E-state index contributed by atoms with van der Waals surface area (Å²) in [6.45, 7) is 5.92. The molecule has 1 fully saturated rings. The molecule has 114 valence electrons. The highest BCUT2D eigenvalue weighted by molar-refractivity contribution is 7.89. The first-order valence-electron chi connectivity index (χ1n) is 6.90. The Labute approximate surface area is 124 Å². The van der Waals surface area contributed by atoms with Gasteiger partial charge >= 0.3 is 0 Å². The molecule has 0 atom stereocenters. The fourth-order valence-corrected chi connectivity index (χ4v) is 5.45. The van der Waals surface area contributed by atoms with Gasteiger partial charge in [-0.3, -0.25) is 0 Å². The third-order valence-electron chi connectivity index (χ3n) is 3.55. The number of ether oxygens (including phenoxy) is 1. The fourth-order valence-electron chi connectivity index (χ4n) is 2.49. The molecular weight excluding hydrogens is 296 g/mol. The summed E-state index contributed by atoms with van der Waals surface area (Å²) in [5.41, 5.74) is 5.59. The monoisotopic (exact) mass is 318 g/mol. The maximum Gasteiger partial charge on any atom is 0.244 e. The van der Waals surface area contributed by atoms with Gasteiger partial charge in [0.2, 0.25) is 10.0 Å². The molecule has 0 aliphatic carbocycles. The highest BCUT2D eigenvalue weighted by Crippen LogP contribution is 2.29. The molecule has 1 aromatic rings. The van der Waals surface area contributed by atoms with Gasteiger partial charge in [0.15, 0.2) is 0 Å². The zero-order valence-corrected chi connectivity index (χ0v) is 13.6. The quantitative estimate of drug-likeness (QED) is 0.897. The first kappa shape index (κ1) is 15.9. The lowest BCUT2D eigenvalue weighted by Gasteiger charge is -2.30. The Morgan fingerprint density at radius 1 is 1.45 bits per heavy atom. The summed E-state index contributed by atoms with van der Waals surface area (Å²) in [6.07, 6.45) is 1.72. The minimum absolute atomic E-state index is 0.189. The zero-order valence-electron chi connectivity index (χ0n) is 12.0. The largest absolute Gasteiger partial charge is 0.378 e. The number of nitrogens with two attached hydrogens (primary N) is 1. The molecule has 0 unspecified atom stereocenters. The van der Waals surface area contributed by atoms with Gasteiger partial charge in [-0.2, -0.15) is 4.31 Å². The molecule has 1 aromatic heterocycles. The lowest BCUT2D eigenvalue weighted by atomic mass is 10.1. The molecule has 20 heavy (non-hydrogen) atoms. The Morgan fingerprint density at radius 3 is 2.60 bits per heavy atom. The Morgan fingerprint density at radius 2 is 2.10 bits per heavy atom. The molecule has 0 spiro atoms. The third kappa shape index (κ3) is 3.23. The number of sulfonamides is 1. The molecule has 2 heterocycles. The number of hydrogen-bond donors (Lipinski definition) is 1. The van der Waals surface area contributed by atoms with Crippen molar-refractivity contribution in [1.82, 2.24) is 4.31 Å². The van der Waals surface area contributed by atoms with Crippen LogP contribution in [0.2, 0.25) is 0 Å². The van der Waals surface area contributed by atoms with Gasteiger partial charge in [0, 0.05) is 36.0 Å².